The molecule has 1 aliphatic heterocycles. The topological polar surface area (TPSA) is 23.6 Å². The van der Waals surface area contributed by atoms with Gasteiger partial charge < -0.3 is 9.80 Å². The zero-order valence-corrected chi connectivity index (χ0v) is 10.1. The standard InChI is InChI=1S/C10H13ClN2OS/c1-12-3-5-13(6-4-12)10(14)9-8(11)2-7-15-9/h2,7H,3-6H2,1H3. The predicted octanol–water partition coefficient (Wildman–Crippen LogP) is 1.79. The van der Waals surface area contributed by atoms with E-state index in [1.165, 1.54) is 11.3 Å². The smallest absolute Gasteiger partial charge is 0.265 e. The predicted molar refractivity (Wildman–Crippen MR) is 62.7 cm³/mol. The van der Waals surface area contributed by atoms with Gasteiger partial charge in [0.15, 0.2) is 0 Å². The van der Waals surface area contributed by atoms with Gasteiger partial charge in [0.1, 0.15) is 4.88 Å². The lowest BCUT2D eigenvalue weighted by molar-refractivity contribution is 0.0669. The summed E-state index contributed by atoms with van der Waals surface area (Å²) >= 11 is 7.35. The first-order valence-corrected chi connectivity index (χ1v) is 6.15. The molecule has 3 nitrogen and oxygen atoms in total. The zero-order chi connectivity index (χ0) is 10.8. The molecule has 1 amide bonds. The Morgan fingerprint density at radius 2 is 2.07 bits per heavy atom. The number of halogens is 1. The Balaban J connectivity index is 2.06. The molecule has 1 aliphatic rings. The number of thiophene rings is 1. The van der Waals surface area contributed by atoms with Crippen molar-refractivity contribution in [3.8, 4) is 0 Å². The lowest BCUT2D eigenvalue weighted by atomic mass is 10.3. The van der Waals surface area contributed by atoms with Crippen molar-refractivity contribution in [3.05, 3.63) is 21.3 Å². The van der Waals surface area contributed by atoms with Crippen molar-refractivity contribution in [3.63, 3.8) is 0 Å². The van der Waals surface area contributed by atoms with Gasteiger partial charge in [-0.1, -0.05) is 11.6 Å². The van der Waals surface area contributed by atoms with Crippen molar-refractivity contribution >= 4 is 28.8 Å². The van der Waals surface area contributed by atoms with Crippen molar-refractivity contribution in [2.75, 3.05) is 33.2 Å². The summed E-state index contributed by atoms with van der Waals surface area (Å²) in [4.78, 5) is 16.8. The van der Waals surface area contributed by atoms with E-state index in [1.807, 2.05) is 10.3 Å². The third-order valence-electron chi connectivity index (χ3n) is 2.60. The van der Waals surface area contributed by atoms with Crippen LogP contribution in [0.5, 0.6) is 0 Å². The summed E-state index contributed by atoms with van der Waals surface area (Å²) in [5, 5.41) is 2.43. The molecule has 2 rings (SSSR count). The fourth-order valence-corrected chi connectivity index (χ4v) is 2.70. The van der Waals surface area contributed by atoms with Crippen LogP contribution in [0.3, 0.4) is 0 Å². The maximum absolute atomic E-state index is 12.0. The minimum Gasteiger partial charge on any atom is -0.335 e. The highest BCUT2D eigenvalue weighted by atomic mass is 35.5. The van der Waals surface area contributed by atoms with Crippen LogP contribution in [0.15, 0.2) is 11.4 Å². The lowest BCUT2D eigenvalue weighted by Crippen LogP contribution is -2.47. The maximum atomic E-state index is 12.0. The summed E-state index contributed by atoms with van der Waals surface area (Å²) in [5.74, 6) is 0.0723. The molecule has 0 saturated carbocycles. The Hall–Kier alpha value is -0.580. The van der Waals surface area contributed by atoms with Crippen LogP contribution in [0.4, 0.5) is 0 Å². The van der Waals surface area contributed by atoms with Gasteiger partial charge in [-0.2, -0.15) is 0 Å². The van der Waals surface area contributed by atoms with E-state index in [9.17, 15) is 4.79 Å². The van der Waals surface area contributed by atoms with E-state index in [0.717, 1.165) is 26.2 Å². The normalized spacial score (nSPS) is 18.1. The molecular formula is C10H13ClN2OS. The van der Waals surface area contributed by atoms with Crippen LogP contribution < -0.4 is 0 Å². The summed E-state index contributed by atoms with van der Waals surface area (Å²) in [7, 11) is 2.07. The largest absolute Gasteiger partial charge is 0.335 e. The summed E-state index contributed by atoms with van der Waals surface area (Å²) in [6, 6.07) is 1.77. The number of likely N-dealkylation sites (N-methyl/N-ethyl adjacent to an activating group) is 1. The first kappa shape index (κ1) is 10.9. The minimum atomic E-state index is 0.0723. The minimum absolute atomic E-state index is 0.0723. The summed E-state index contributed by atoms with van der Waals surface area (Å²) in [6.45, 7) is 3.47. The molecule has 0 N–H and O–H groups in total. The molecule has 82 valence electrons. The van der Waals surface area contributed by atoms with Gasteiger partial charge in [-0.3, -0.25) is 4.79 Å². The van der Waals surface area contributed by atoms with Crippen molar-refractivity contribution in [1.29, 1.82) is 0 Å². The fraction of sp³-hybridized carbons (Fsp3) is 0.500. The highest BCUT2D eigenvalue weighted by Crippen LogP contribution is 2.23. The third kappa shape index (κ3) is 2.33. The van der Waals surface area contributed by atoms with Crippen molar-refractivity contribution in [1.82, 2.24) is 9.80 Å². The molecule has 2 heterocycles. The number of carbonyl (C=O) groups is 1. The summed E-state index contributed by atoms with van der Waals surface area (Å²) < 4.78 is 0. The van der Waals surface area contributed by atoms with Crippen LogP contribution in [0.1, 0.15) is 9.67 Å². The van der Waals surface area contributed by atoms with Crippen LogP contribution >= 0.6 is 22.9 Å². The molecular weight excluding hydrogens is 232 g/mol. The molecule has 5 heteroatoms. The first-order valence-electron chi connectivity index (χ1n) is 4.89. The van der Waals surface area contributed by atoms with Gasteiger partial charge in [0.2, 0.25) is 0 Å². The molecule has 0 spiro atoms. The van der Waals surface area contributed by atoms with E-state index in [-0.39, 0.29) is 5.91 Å². The van der Waals surface area contributed by atoms with Gasteiger partial charge in [-0.25, -0.2) is 0 Å². The van der Waals surface area contributed by atoms with Gasteiger partial charge in [0, 0.05) is 26.2 Å². The maximum Gasteiger partial charge on any atom is 0.265 e. The molecule has 1 aromatic heterocycles. The average Bonchev–Trinajstić information content (AvgIpc) is 2.65. The second-order valence-electron chi connectivity index (χ2n) is 3.69. The quantitative estimate of drug-likeness (QED) is 0.752. The van der Waals surface area contributed by atoms with Crippen molar-refractivity contribution < 1.29 is 4.79 Å². The lowest BCUT2D eigenvalue weighted by Gasteiger charge is -2.32. The van der Waals surface area contributed by atoms with Crippen LogP contribution in [0.2, 0.25) is 5.02 Å². The highest BCUT2D eigenvalue weighted by Gasteiger charge is 2.22. The van der Waals surface area contributed by atoms with Crippen LogP contribution in [-0.2, 0) is 0 Å². The number of rotatable bonds is 1. The first-order chi connectivity index (χ1) is 7.18. The number of carbonyl (C=O) groups excluding carboxylic acids is 1. The molecule has 1 saturated heterocycles. The van der Waals surface area contributed by atoms with Crippen molar-refractivity contribution in [2.45, 2.75) is 0 Å². The summed E-state index contributed by atoms with van der Waals surface area (Å²) in [6.07, 6.45) is 0. The second kappa shape index (κ2) is 4.51. The molecule has 0 aromatic carbocycles. The van der Waals surface area contributed by atoms with Crippen LogP contribution in [0, 0.1) is 0 Å². The van der Waals surface area contributed by atoms with E-state index in [2.05, 4.69) is 11.9 Å². The SMILES string of the molecule is CN1CCN(C(=O)c2sccc2Cl)CC1. The number of piperazine rings is 1. The molecule has 0 aliphatic carbocycles. The number of hydrogen-bond donors (Lipinski definition) is 0. The van der Waals surface area contributed by atoms with E-state index < -0.39 is 0 Å². The Morgan fingerprint density at radius 3 is 2.60 bits per heavy atom. The van der Waals surface area contributed by atoms with E-state index in [1.54, 1.807) is 6.07 Å². The number of hydrogen-bond acceptors (Lipinski definition) is 3. The molecule has 15 heavy (non-hydrogen) atoms. The van der Waals surface area contributed by atoms with E-state index in [0.29, 0.717) is 9.90 Å². The molecule has 0 unspecified atom stereocenters. The van der Waals surface area contributed by atoms with E-state index >= 15 is 0 Å². The van der Waals surface area contributed by atoms with Crippen LogP contribution in [0.25, 0.3) is 0 Å². The Labute approximate surface area is 98.2 Å². The van der Waals surface area contributed by atoms with Crippen LogP contribution in [-0.4, -0.2) is 48.9 Å². The summed E-state index contributed by atoms with van der Waals surface area (Å²) in [5.41, 5.74) is 0. The monoisotopic (exact) mass is 244 g/mol. The molecule has 0 atom stereocenters. The Bertz CT molecular complexity index is 358. The van der Waals surface area contributed by atoms with Gasteiger partial charge in [0.05, 0.1) is 5.02 Å². The Morgan fingerprint density at radius 1 is 1.40 bits per heavy atom. The molecule has 0 radical (unpaired) electrons. The van der Waals surface area contributed by atoms with Gasteiger partial charge in [0.25, 0.3) is 5.91 Å². The number of amides is 1. The molecule has 0 bridgehead atoms. The zero-order valence-electron chi connectivity index (χ0n) is 8.57. The molecule has 1 aromatic rings. The second-order valence-corrected chi connectivity index (χ2v) is 5.02. The average molecular weight is 245 g/mol. The molecule has 1 fully saturated rings. The van der Waals surface area contributed by atoms with Gasteiger partial charge in [-0.05, 0) is 18.5 Å². The third-order valence-corrected chi connectivity index (χ3v) is 3.93. The van der Waals surface area contributed by atoms with Gasteiger partial charge in [-0.15, -0.1) is 11.3 Å². The fourth-order valence-electron chi connectivity index (χ4n) is 1.60. The highest BCUT2D eigenvalue weighted by molar-refractivity contribution is 7.12. The Kier molecular flexibility index (Phi) is 3.29. The van der Waals surface area contributed by atoms with E-state index in [4.69, 9.17) is 11.6 Å². The number of nitrogens with zero attached hydrogens (tertiary/aromatic N) is 2. The van der Waals surface area contributed by atoms with Crippen molar-refractivity contribution in [2.24, 2.45) is 0 Å². The van der Waals surface area contributed by atoms with Gasteiger partial charge >= 0.3 is 0 Å².